The first-order chi connectivity index (χ1) is 11.5. The molecule has 0 aliphatic carbocycles. The smallest absolute Gasteiger partial charge is 0.280 e. The van der Waals surface area contributed by atoms with Crippen molar-refractivity contribution in [1.29, 1.82) is 0 Å². The predicted octanol–water partition coefficient (Wildman–Crippen LogP) is -0.239. The van der Waals surface area contributed by atoms with Crippen molar-refractivity contribution in [2.75, 3.05) is 12.4 Å². The lowest BCUT2D eigenvalue weighted by atomic mass is 10.1. The third-order valence-electron chi connectivity index (χ3n) is 3.99. The van der Waals surface area contributed by atoms with Gasteiger partial charge in [-0.2, -0.15) is 4.98 Å². The van der Waals surface area contributed by atoms with Gasteiger partial charge in [0.25, 0.3) is 5.56 Å². The number of hydrogen-bond donors (Lipinski definition) is 3. The molecule has 4 atom stereocenters. The number of H-pyrrole nitrogens is 1. The van der Waals surface area contributed by atoms with E-state index in [4.69, 9.17) is 9.47 Å². The van der Waals surface area contributed by atoms with Crippen LogP contribution in [0.15, 0.2) is 11.1 Å². The zero-order chi connectivity index (χ0) is 17.4. The van der Waals surface area contributed by atoms with Crippen molar-refractivity contribution in [1.82, 2.24) is 19.5 Å². The molecule has 1 fully saturated rings. The molecule has 2 aromatic heterocycles. The van der Waals surface area contributed by atoms with Gasteiger partial charge in [0.15, 0.2) is 17.4 Å². The first-order valence-electron chi connectivity index (χ1n) is 7.57. The van der Waals surface area contributed by atoms with Crippen LogP contribution in [0.4, 0.5) is 5.95 Å². The molecule has 3 heterocycles. The van der Waals surface area contributed by atoms with Gasteiger partial charge in [-0.3, -0.25) is 24.5 Å². The Hall–Kier alpha value is -2.30. The van der Waals surface area contributed by atoms with Gasteiger partial charge in [-0.05, 0) is 6.42 Å². The van der Waals surface area contributed by atoms with Crippen LogP contribution in [-0.2, 0) is 14.3 Å². The lowest BCUT2D eigenvalue weighted by molar-refractivity contribution is -0.114. The number of hydrogen-bond acceptors (Lipinski definition) is 7. The maximum Gasteiger partial charge on any atom is 0.280 e. The van der Waals surface area contributed by atoms with Gasteiger partial charge in [0.1, 0.15) is 12.2 Å². The zero-order valence-electron chi connectivity index (χ0n) is 13.5. The number of aromatic nitrogens is 4. The van der Waals surface area contributed by atoms with Crippen LogP contribution in [0.3, 0.4) is 0 Å². The Bertz CT molecular complexity index is 815. The molecule has 10 nitrogen and oxygen atoms in total. The number of methoxy groups -OCH3 is 1. The molecular formula is C14H19N5O5. The highest BCUT2D eigenvalue weighted by Crippen LogP contribution is 2.34. The van der Waals surface area contributed by atoms with Crippen molar-refractivity contribution in [3.05, 3.63) is 16.7 Å². The number of nitrogens with one attached hydrogen (secondary N) is 2. The van der Waals surface area contributed by atoms with Gasteiger partial charge in [0, 0.05) is 14.0 Å². The number of aliphatic hydroxyl groups is 1. The molecule has 1 aliphatic heterocycles. The minimum Gasteiger partial charge on any atom is -0.388 e. The maximum atomic E-state index is 12.1. The van der Waals surface area contributed by atoms with E-state index in [0.717, 1.165) is 0 Å². The molecule has 0 bridgehead atoms. The molecule has 0 unspecified atom stereocenters. The molecule has 2 aromatic rings. The standard InChI is InChI=1S/C14H19N5O5/c1-4-7-9(21)10(23-3)13(24-7)19-5-15-8-11(19)17-14(16-6(2)20)18-12(8)22/h5,7,9-10,13,21H,4H2,1-3H3,(H2,16,17,18,20,22)/t7-,9-,10-,13-/m1/s1. The molecule has 0 spiro atoms. The lowest BCUT2D eigenvalue weighted by Gasteiger charge is -2.20. The molecule has 1 amide bonds. The Morgan fingerprint density at radius 1 is 1.58 bits per heavy atom. The number of imidazole rings is 1. The van der Waals surface area contributed by atoms with E-state index >= 15 is 0 Å². The van der Waals surface area contributed by atoms with Crippen molar-refractivity contribution in [2.45, 2.75) is 44.8 Å². The number of carbonyl (C=O) groups is 1. The highest BCUT2D eigenvalue weighted by Gasteiger charge is 2.44. The van der Waals surface area contributed by atoms with Crippen LogP contribution in [0, 0.1) is 0 Å². The minimum absolute atomic E-state index is 0.0151. The topological polar surface area (TPSA) is 131 Å². The number of carbonyl (C=O) groups excluding carboxylic acids is 1. The zero-order valence-corrected chi connectivity index (χ0v) is 13.5. The lowest BCUT2D eigenvalue weighted by Crippen LogP contribution is -2.33. The number of amides is 1. The largest absolute Gasteiger partial charge is 0.388 e. The van der Waals surface area contributed by atoms with E-state index in [9.17, 15) is 14.7 Å². The summed E-state index contributed by atoms with van der Waals surface area (Å²) in [5, 5.41) is 12.7. The summed E-state index contributed by atoms with van der Waals surface area (Å²) in [5.74, 6) is -0.349. The first kappa shape index (κ1) is 16.6. The van der Waals surface area contributed by atoms with E-state index in [-0.39, 0.29) is 23.0 Å². The summed E-state index contributed by atoms with van der Waals surface area (Å²) in [6.45, 7) is 3.21. The third kappa shape index (κ3) is 2.68. The fourth-order valence-corrected chi connectivity index (χ4v) is 2.87. The monoisotopic (exact) mass is 337 g/mol. The summed E-state index contributed by atoms with van der Waals surface area (Å²) in [7, 11) is 1.48. The van der Waals surface area contributed by atoms with E-state index in [1.165, 1.54) is 24.9 Å². The summed E-state index contributed by atoms with van der Waals surface area (Å²) < 4.78 is 12.7. The highest BCUT2D eigenvalue weighted by atomic mass is 16.6. The Kier molecular flexibility index (Phi) is 4.35. The van der Waals surface area contributed by atoms with Crippen LogP contribution in [0.1, 0.15) is 26.5 Å². The predicted molar refractivity (Wildman–Crippen MR) is 83.5 cm³/mol. The molecule has 24 heavy (non-hydrogen) atoms. The Labute approximate surface area is 136 Å². The maximum absolute atomic E-state index is 12.1. The Balaban J connectivity index is 2.08. The van der Waals surface area contributed by atoms with Gasteiger partial charge in [-0.1, -0.05) is 6.92 Å². The van der Waals surface area contributed by atoms with Crippen LogP contribution in [-0.4, -0.2) is 56.0 Å². The van der Waals surface area contributed by atoms with Gasteiger partial charge in [-0.15, -0.1) is 0 Å². The van der Waals surface area contributed by atoms with Crippen molar-refractivity contribution >= 4 is 23.0 Å². The molecule has 0 radical (unpaired) electrons. The summed E-state index contributed by atoms with van der Waals surface area (Å²) >= 11 is 0. The number of nitrogens with zero attached hydrogens (tertiary/aromatic N) is 3. The fraction of sp³-hybridized carbons (Fsp3) is 0.571. The third-order valence-corrected chi connectivity index (χ3v) is 3.99. The fourth-order valence-electron chi connectivity index (χ4n) is 2.87. The number of aromatic amines is 1. The molecule has 3 rings (SSSR count). The second kappa shape index (κ2) is 6.30. The van der Waals surface area contributed by atoms with Gasteiger partial charge >= 0.3 is 0 Å². The molecule has 1 aliphatic rings. The minimum atomic E-state index is -0.806. The number of aliphatic hydroxyl groups excluding tert-OH is 1. The highest BCUT2D eigenvalue weighted by molar-refractivity contribution is 5.87. The van der Waals surface area contributed by atoms with E-state index < -0.39 is 30.1 Å². The van der Waals surface area contributed by atoms with Gasteiger partial charge in [0.2, 0.25) is 11.9 Å². The molecule has 0 saturated carbocycles. The summed E-state index contributed by atoms with van der Waals surface area (Å²) in [6.07, 6.45) is -0.494. The van der Waals surface area contributed by atoms with Gasteiger partial charge < -0.3 is 14.6 Å². The summed E-state index contributed by atoms with van der Waals surface area (Å²) in [6, 6.07) is 0. The average Bonchev–Trinajstić information content (AvgIpc) is 3.07. The molecule has 1 saturated heterocycles. The Morgan fingerprint density at radius 2 is 2.33 bits per heavy atom. The molecule has 0 aromatic carbocycles. The SMILES string of the molecule is CC[C@H]1O[C@@H](n2cnc3c(=O)[nH]c(NC(C)=O)nc32)[C@H](OC)[C@@H]1O. The van der Waals surface area contributed by atoms with E-state index in [1.807, 2.05) is 6.92 Å². The van der Waals surface area contributed by atoms with Crippen LogP contribution in [0.25, 0.3) is 11.2 Å². The van der Waals surface area contributed by atoms with Crippen molar-refractivity contribution < 1.29 is 19.4 Å². The number of fused-ring (bicyclic) bond motifs is 1. The van der Waals surface area contributed by atoms with Crippen LogP contribution in [0.2, 0.25) is 0 Å². The van der Waals surface area contributed by atoms with Crippen LogP contribution >= 0.6 is 0 Å². The van der Waals surface area contributed by atoms with E-state index in [1.54, 1.807) is 0 Å². The quantitative estimate of drug-likeness (QED) is 0.701. The van der Waals surface area contributed by atoms with E-state index in [2.05, 4.69) is 20.3 Å². The molecule has 3 N–H and O–H groups in total. The Morgan fingerprint density at radius 3 is 2.96 bits per heavy atom. The van der Waals surface area contributed by atoms with Crippen molar-refractivity contribution in [3.63, 3.8) is 0 Å². The molecule has 130 valence electrons. The van der Waals surface area contributed by atoms with Gasteiger partial charge in [-0.25, -0.2) is 4.98 Å². The molecular weight excluding hydrogens is 318 g/mol. The second-order valence-electron chi connectivity index (χ2n) is 5.58. The average molecular weight is 337 g/mol. The summed E-state index contributed by atoms with van der Waals surface area (Å²) in [4.78, 5) is 34.0. The van der Waals surface area contributed by atoms with Crippen LogP contribution < -0.4 is 10.9 Å². The normalized spacial score (nSPS) is 26.8. The van der Waals surface area contributed by atoms with Gasteiger partial charge in [0.05, 0.1) is 12.4 Å². The number of rotatable bonds is 4. The van der Waals surface area contributed by atoms with Crippen LogP contribution in [0.5, 0.6) is 0 Å². The number of ether oxygens (including phenoxy) is 2. The molecule has 10 heteroatoms. The first-order valence-corrected chi connectivity index (χ1v) is 7.57. The number of anilines is 1. The van der Waals surface area contributed by atoms with Crippen molar-refractivity contribution in [3.8, 4) is 0 Å². The van der Waals surface area contributed by atoms with E-state index in [0.29, 0.717) is 6.42 Å². The summed E-state index contributed by atoms with van der Waals surface area (Å²) in [5.41, 5.74) is -0.141. The van der Waals surface area contributed by atoms with Crippen molar-refractivity contribution in [2.24, 2.45) is 0 Å². The second-order valence-corrected chi connectivity index (χ2v) is 5.58.